The minimum Gasteiger partial charge on any atom is -0.497 e. The first-order valence-electron chi connectivity index (χ1n) is 8.59. The maximum Gasteiger partial charge on any atom is 0.180 e. The van der Waals surface area contributed by atoms with Crippen LogP contribution in [0.15, 0.2) is 42.5 Å². The second-order valence-electron chi connectivity index (χ2n) is 6.23. The number of hydrogen-bond acceptors (Lipinski definition) is 5. The van der Waals surface area contributed by atoms with Crippen LogP contribution in [0.3, 0.4) is 0 Å². The Bertz CT molecular complexity index is 773. The molecule has 0 unspecified atom stereocenters. The third kappa shape index (κ3) is 4.29. The number of halogens is 1. The molecule has 138 valence electrons. The number of rotatable bonds is 6. The molecule has 0 aromatic heterocycles. The first kappa shape index (κ1) is 18.5. The number of methoxy groups -OCH3 is 2. The van der Waals surface area contributed by atoms with Crippen LogP contribution < -0.4 is 14.4 Å². The van der Waals surface area contributed by atoms with E-state index in [0.29, 0.717) is 23.6 Å². The van der Waals surface area contributed by atoms with Crippen molar-refractivity contribution in [1.29, 1.82) is 0 Å². The van der Waals surface area contributed by atoms with Crippen molar-refractivity contribution in [2.24, 2.45) is 0 Å². The molecule has 1 saturated heterocycles. The first-order valence-corrected chi connectivity index (χ1v) is 8.96. The van der Waals surface area contributed by atoms with Gasteiger partial charge < -0.3 is 14.4 Å². The van der Waals surface area contributed by atoms with Crippen LogP contribution in [-0.4, -0.2) is 57.6 Å². The zero-order valence-corrected chi connectivity index (χ0v) is 15.8. The Balaban J connectivity index is 1.62. The molecular weight excluding hydrogens is 352 g/mol. The Morgan fingerprint density at radius 2 is 1.81 bits per heavy atom. The van der Waals surface area contributed by atoms with Gasteiger partial charge in [-0.25, -0.2) is 0 Å². The van der Waals surface area contributed by atoms with Crippen LogP contribution in [0.1, 0.15) is 10.4 Å². The second-order valence-corrected chi connectivity index (χ2v) is 6.67. The fourth-order valence-corrected chi connectivity index (χ4v) is 3.34. The average Bonchev–Trinajstić information content (AvgIpc) is 2.68. The van der Waals surface area contributed by atoms with E-state index in [1.807, 2.05) is 18.2 Å². The molecule has 0 bridgehead atoms. The fraction of sp³-hybridized carbons (Fsp3) is 0.350. The van der Waals surface area contributed by atoms with Crippen LogP contribution in [0.2, 0.25) is 5.02 Å². The van der Waals surface area contributed by atoms with Gasteiger partial charge in [0, 0.05) is 36.9 Å². The van der Waals surface area contributed by atoms with Gasteiger partial charge in [0.15, 0.2) is 5.78 Å². The molecule has 5 nitrogen and oxygen atoms in total. The van der Waals surface area contributed by atoms with Crippen molar-refractivity contribution in [3.63, 3.8) is 0 Å². The number of anilines is 1. The van der Waals surface area contributed by atoms with Crippen LogP contribution in [0.25, 0.3) is 0 Å². The first-order chi connectivity index (χ1) is 12.6. The molecule has 3 rings (SSSR count). The molecule has 26 heavy (non-hydrogen) atoms. The van der Waals surface area contributed by atoms with Crippen LogP contribution in [0.4, 0.5) is 5.69 Å². The highest BCUT2D eigenvalue weighted by Crippen LogP contribution is 2.25. The summed E-state index contributed by atoms with van der Waals surface area (Å²) in [7, 11) is 3.16. The minimum absolute atomic E-state index is 0.0388. The van der Waals surface area contributed by atoms with Crippen LogP contribution in [0.5, 0.6) is 11.5 Å². The van der Waals surface area contributed by atoms with Crippen molar-refractivity contribution in [2.45, 2.75) is 0 Å². The van der Waals surface area contributed by atoms with Gasteiger partial charge in [-0.2, -0.15) is 0 Å². The van der Waals surface area contributed by atoms with E-state index >= 15 is 0 Å². The largest absolute Gasteiger partial charge is 0.497 e. The summed E-state index contributed by atoms with van der Waals surface area (Å²) in [5, 5.41) is 0.741. The van der Waals surface area contributed by atoms with Gasteiger partial charge >= 0.3 is 0 Å². The lowest BCUT2D eigenvalue weighted by atomic mass is 10.1. The summed E-state index contributed by atoms with van der Waals surface area (Å²) in [6.07, 6.45) is 0. The number of nitrogens with zero attached hydrogens (tertiary/aromatic N) is 2. The molecule has 1 fully saturated rings. The summed E-state index contributed by atoms with van der Waals surface area (Å²) in [5.74, 6) is 1.27. The topological polar surface area (TPSA) is 42.0 Å². The van der Waals surface area contributed by atoms with E-state index in [2.05, 4.69) is 15.9 Å². The van der Waals surface area contributed by atoms with Gasteiger partial charge in [0.25, 0.3) is 0 Å². The summed E-state index contributed by atoms with van der Waals surface area (Å²) < 4.78 is 10.6. The zero-order valence-electron chi connectivity index (χ0n) is 15.1. The normalized spacial score (nSPS) is 15.0. The number of carbonyl (C=O) groups is 1. The molecule has 6 heteroatoms. The van der Waals surface area contributed by atoms with Gasteiger partial charge in [0.1, 0.15) is 11.5 Å². The van der Waals surface area contributed by atoms with E-state index in [1.54, 1.807) is 32.4 Å². The van der Waals surface area contributed by atoms with Gasteiger partial charge in [-0.1, -0.05) is 17.7 Å². The van der Waals surface area contributed by atoms with E-state index in [0.717, 1.165) is 36.9 Å². The highest BCUT2D eigenvalue weighted by atomic mass is 35.5. The molecular formula is C20H23ClN2O3. The lowest BCUT2D eigenvalue weighted by Gasteiger charge is -2.35. The summed E-state index contributed by atoms with van der Waals surface area (Å²) in [6.45, 7) is 3.74. The Morgan fingerprint density at radius 3 is 2.46 bits per heavy atom. The lowest BCUT2D eigenvalue weighted by Crippen LogP contribution is -2.48. The smallest absolute Gasteiger partial charge is 0.180 e. The Kier molecular flexibility index (Phi) is 6.01. The number of hydrogen-bond donors (Lipinski definition) is 0. The lowest BCUT2D eigenvalue weighted by molar-refractivity contribution is 0.0923. The maximum absolute atomic E-state index is 12.7. The molecule has 1 heterocycles. The van der Waals surface area contributed by atoms with Crippen molar-refractivity contribution in [3.05, 3.63) is 53.1 Å². The standard InChI is InChI=1S/C20H23ClN2O3/c1-25-17-6-7-20(26-2)18(13-17)19(24)14-22-8-10-23(11-9-22)16-5-3-4-15(21)12-16/h3-7,12-13H,8-11,14H2,1-2H3. The summed E-state index contributed by atoms with van der Waals surface area (Å²) >= 11 is 6.08. The zero-order chi connectivity index (χ0) is 18.5. The third-order valence-corrected chi connectivity index (χ3v) is 4.86. The highest BCUT2D eigenvalue weighted by Gasteiger charge is 2.22. The maximum atomic E-state index is 12.7. The summed E-state index contributed by atoms with van der Waals surface area (Å²) in [6, 6.07) is 13.2. The van der Waals surface area contributed by atoms with Gasteiger partial charge in [0.05, 0.1) is 26.3 Å². The number of carbonyl (C=O) groups excluding carboxylic acids is 1. The number of Topliss-reactive ketones (excluding diaryl/α,β-unsaturated/α-hetero) is 1. The van der Waals surface area contributed by atoms with Crippen molar-refractivity contribution >= 4 is 23.1 Å². The molecule has 0 N–H and O–H groups in total. The predicted octanol–water partition coefficient (Wildman–Crippen LogP) is 3.36. The molecule has 0 saturated carbocycles. The Morgan fingerprint density at radius 1 is 1.04 bits per heavy atom. The van der Waals surface area contributed by atoms with Gasteiger partial charge in [-0.3, -0.25) is 9.69 Å². The number of piperazine rings is 1. The molecule has 2 aromatic carbocycles. The number of ketones is 1. The van der Waals surface area contributed by atoms with E-state index < -0.39 is 0 Å². The molecule has 0 spiro atoms. The third-order valence-electron chi connectivity index (χ3n) is 4.62. The van der Waals surface area contributed by atoms with Crippen molar-refractivity contribution in [1.82, 2.24) is 4.90 Å². The van der Waals surface area contributed by atoms with Crippen LogP contribution in [0, 0.1) is 0 Å². The SMILES string of the molecule is COc1ccc(OC)c(C(=O)CN2CCN(c3cccc(Cl)c3)CC2)c1. The van der Waals surface area contributed by atoms with Crippen molar-refractivity contribution in [2.75, 3.05) is 51.8 Å². The van der Waals surface area contributed by atoms with Crippen LogP contribution in [-0.2, 0) is 0 Å². The summed E-state index contributed by atoms with van der Waals surface area (Å²) in [4.78, 5) is 17.2. The molecule has 1 aliphatic rings. The minimum atomic E-state index is 0.0388. The molecule has 0 aliphatic carbocycles. The van der Waals surface area contributed by atoms with Crippen molar-refractivity contribution in [3.8, 4) is 11.5 Å². The predicted molar refractivity (Wildman–Crippen MR) is 104 cm³/mol. The molecule has 0 atom stereocenters. The molecule has 0 radical (unpaired) electrons. The van der Waals surface area contributed by atoms with Crippen LogP contribution >= 0.6 is 11.6 Å². The van der Waals surface area contributed by atoms with E-state index in [-0.39, 0.29) is 5.78 Å². The van der Waals surface area contributed by atoms with Crippen molar-refractivity contribution < 1.29 is 14.3 Å². The number of benzene rings is 2. The van der Waals surface area contributed by atoms with Gasteiger partial charge in [-0.15, -0.1) is 0 Å². The Labute approximate surface area is 159 Å². The average molecular weight is 375 g/mol. The fourth-order valence-electron chi connectivity index (χ4n) is 3.16. The quantitative estimate of drug-likeness (QED) is 0.725. The molecule has 1 aliphatic heterocycles. The van der Waals surface area contributed by atoms with E-state index in [1.165, 1.54) is 0 Å². The molecule has 2 aromatic rings. The van der Waals surface area contributed by atoms with Gasteiger partial charge in [-0.05, 0) is 36.4 Å². The van der Waals surface area contributed by atoms with Gasteiger partial charge in [0.2, 0.25) is 0 Å². The van der Waals surface area contributed by atoms with E-state index in [4.69, 9.17) is 21.1 Å². The van der Waals surface area contributed by atoms with E-state index in [9.17, 15) is 4.79 Å². The highest BCUT2D eigenvalue weighted by molar-refractivity contribution is 6.30. The Hall–Kier alpha value is -2.24. The monoisotopic (exact) mass is 374 g/mol. The second kappa shape index (κ2) is 8.43. The molecule has 0 amide bonds. The number of ether oxygens (including phenoxy) is 2. The summed E-state index contributed by atoms with van der Waals surface area (Å²) in [5.41, 5.74) is 1.68.